The zero-order valence-electron chi connectivity index (χ0n) is 11.0. The van der Waals surface area contributed by atoms with E-state index in [0.29, 0.717) is 0 Å². The molecule has 1 N–H and O–H groups in total. The van der Waals surface area contributed by atoms with Gasteiger partial charge in [-0.3, -0.25) is 9.13 Å². The Morgan fingerprint density at radius 1 is 1.22 bits per heavy atom. The second kappa shape index (κ2) is 5.28. The Morgan fingerprint density at radius 2 is 1.83 bits per heavy atom. The molecule has 18 heavy (non-hydrogen) atoms. The standard InChI is InChI=1S/C13H18BrN3O/c1-4-5-15-8-9-6-11-12(7-10(9)14)17(3)13(18)16(11)2/h6-7,15H,4-5,8H2,1-3H3. The fourth-order valence-corrected chi connectivity index (χ4v) is 2.57. The minimum absolute atomic E-state index is 0.00978. The lowest BCUT2D eigenvalue weighted by molar-refractivity contribution is 0.674. The molecular weight excluding hydrogens is 294 g/mol. The zero-order chi connectivity index (χ0) is 13.3. The molecule has 0 radical (unpaired) electrons. The second-order valence-electron chi connectivity index (χ2n) is 4.51. The average Bonchev–Trinajstić information content (AvgIpc) is 2.56. The number of nitrogens with one attached hydrogen (secondary N) is 1. The number of rotatable bonds is 4. The van der Waals surface area contributed by atoms with Gasteiger partial charge in [-0.05, 0) is 30.7 Å². The number of nitrogens with zero attached hydrogens (tertiary/aromatic N) is 2. The van der Waals surface area contributed by atoms with Gasteiger partial charge in [0.1, 0.15) is 0 Å². The van der Waals surface area contributed by atoms with Crippen molar-refractivity contribution in [2.75, 3.05) is 6.54 Å². The summed E-state index contributed by atoms with van der Waals surface area (Å²) in [4.78, 5) is 11.9. The molecule has 0 atom stereocenters. The van der Waals surface area contributed by atoms with E-state index >= 15 is 0 Å². The van der Waals surface area contributed by atoms with Crippen LogP contribution in [-0.2, 0) is 20.6 Å². The van der Waals surface area contributed by atoms with Crippen molar-refractivity contribution in [2.45, 2.75) is 19.9 Å². The van der Waals surface area contributed by atoms with Gasteiger partial charge in [0.05, 0.1) is 11.0 Å². The quantitative estimate of drug-likeness (QED) is 0.879. The zero-order valence-corrected chi connectivity index (χ0v) is 12.5. The van der Waals surface area contributed by atoms with E-state index < -0.39 is 0 Å². The van der Waals surface area contributed by atoms with Gasteiger partial charge in [0.25, 0.3) is 0 Å². The topological polar surface area (TPSA) is 39.0 Å². The van der Waals surface area contributed by atoms with Crippen LogP contribution < -0.4 is 11.0 Å². The van der Waals surface area contributed by atoms with Gasteiger partial charge < -0.3 is 5.32 Å². The summed E-state index contributed by atoms with van der Waals surface area (Å²) in [6.07, 6.45) is 1.11. The summed E-state index contributed by atoms with van der Waals surface area (Å²) in [5.74, 6) is 0. The summed E-state index contributed by atoms with van der Waals surface area (Å²) < 4.78 is 4.40. The van der Waals surface area contributed by atoms with Crippen molar-refractivity contribution in [1.29, 1.82) is 0 Å². The van der Waals surface area contributed by atoms with Crippen LogP contribution in [0.3, 0.4) is 0 Å². The third-order valence-electron chi connectivity index (χ3n) is 3.18. The van der Waals surface area contributed by atoms with E-state index in [1.54, 1.807) is 16.2 Å². The Morgan fingerprint density at radius 3 is 2.44 bits per heavy atom. The number of hydrogen-bond donors (Lipinski definition) is 1. The molecule has 0 saturated carbocycles. The second-order valence-corrected chi connectivity index (χ2v) is 5.36. The van der Waals surface area contributed by atoms with Crippen molar-refractivity contribution < 1.29 is 0 Å². The van der Waals surface area contributed by atoms with Gasteiger partial charge in [0.15, 0.2) is 0 Å². The third kappa shape index (κ3) is 2.24. The largest absolute Gasteiger partial charge is 0.328 e. The molecule has 0 bridgehead atoms. The van der Waals surface area contributed by atoms with E-state index in [0.717, 1.165) is 35.0 Å². The molecule has 0 spiro atoms. The first-order valence-electron chi connectivity index (χ1n) is 6.10. The SMILES string of the molecule is CCCNCc1cc2c(cc1Br)n(C)c(=O)n2C. The molecule has 0 aliphatic carbocycles. The number of imidazole rings is 1. The van der Waals surface area contributed by atoms with Crippen LogP contribution in [-0.4, -0.2) is 15.7 Å². The first kappa shape index (κ1) is 13.4. The van der Waals surface area contributed by atoms with Crippen LogP contribution in [0.2, 0.25) is 0 Å². The minimum atomic E-state index is 0.00978. The van der Waals surface area contributed by atoms with Crippen molar-refractivity contribution in [3.05, 3.63) is 32.7 Å². The Bertz CT molecular complexity index is 627. The van der Waals surface area contributed by atoms with E-state index in [1.165, 1.54) is 5.56 Å². The van der Waals surface area contributed by atoms with Gasteiger partial charge in [0, 0.05) is 25.1 Å². The predicted octanol–water partition coefficient (Wildman–Crippen LogP) is 2.14. The van der Waals surface area contributed by atoms with Crippen LogP contribution in [0.1, 0.15) is 18.9 Å². The lowest BCUT2D eigenvalue weighted by Crippen LogP contribution is -2.19. The van der Waals surface area contributed by atoms with E-state index in [1.807, 2.05) is 13.1 Å². The predicted molar refractivity (Wildman–Crippen MR) is 77.9 cm³/mol. The summed E-state index contributed by atoms with van der Waals surface area (Å²) in [6, 6.07) is 4.09. The Balaban J connectivity index is 2.48. The first-order valence-corrected chi connectivity index (χ1v) is 6.90. The van der Waals surface area contributed by atoms with Gasteiger partial charge in [-0.2, -0.15) is 0 Å². The van der Waals surface area contributed by atoms with Crippen LogP contribution in [0.5, 0.6) is 0 Å². The molecule has 0 fully saturated rings. The van der Waals surface area contributed by atoms with Crippen molar-refractivity contribution in [1.82, 2.24) is 14.5 Å². The number of benzene rings is 1. The molecular formula is C13H18BrN3O. The van der Waals surface area contributed by atoms with Gasteiger partial charge in [0.2, 0.25) is 0 Å². The monoisotopic (exact) mass is 311 g/mol. The number of aryl methyl sites for hydroxylation is 2. The summed E-state index contributed by atoms with van der Waals surface area (Å²) in [5, 5.41) is 3.37. The molecule has 0 saturated heterocycles. The summed E-state index contributed by atoms with van der Waals surface area (Å²) in [6.45, 7) is 3.96. The Hall–Kier alpha value is -1.07. The van der Waals surface area contributed by atoms with Crippen molar-refractivity contribution in [3.8, 4) is 0 Å². The molecule has 2 aromatic rings. The highest BCUT2D eigenvalue weighted by atomic mass is 79.9. The van der Waals surface area contributed by atoms with Crippen LogP contribution >= 0.6 is 15.9 Å². The molecule has 0 aliphatic rings. The first-order chi connectivity index (χ1) is 8.56. The molecule has 0 unspecified atom stereocenters. The van der Waals surface area contributed by atoms with Crippen LogP contribution in [0.25, 0.3) is 11.0 Å². The van der Waals surface area contributed by atoms with Gasteiger partial charge in [-0.25, -0.2) is 4.79 Å². The van der Waals surface area contributed by atoms with Crippen molar-refractivity contribution >= 4 is 27.0 Å². The summed E-state index contributed by atoms with van der Waals surface area (Å²) >= 11 is 3.57. The average molecular weight is 312 g/mol. The van der Waals surface area contributed by atoms with E-state index in [4.69, 9.17) is 0 Å². The highest BCUT2D eigenvalue weighted by Gasteiger charge is 2.10. The molecule has 5 heteroatoms. The molecule has 1 aromatic heterocycles. The fourth-order valence-electron chi connectivity index (χ4n) is 2.10. The van der Waals surface area contributed by atoms with E-state index in [2.05, 4.69) is 34.2 Å². The molecule has 98 valence electrons. The third-order valence-corrected chi connectivity index (χ3v) is 3.92. The Kier molecular flexibility index (Phi) is 3.92. The Labute approximate surface area is 115 Å². The highest BCUT2D eigenvalue weighted by Crippen LogP contribution is 2.23. The maximum Gasteiger partial charge on any atom is 0.328 e. The van der Waals surface area contributed by atoms with Crippen molar-refractivity contribution in [3.63, 3.8) is 0 Å². The number of aromatic nitrogens is 2. The molecule has 0 aliphatic heterocycles. The maximum absolute atomic E-state index is 11.9. The van der Waals surface area contributed by atoms with Crippen LogP contribution in [0.15, 0.2) is 21.4 Å². The summed E-state index contributed by atoms with van der Waals surface area (Å²) in [7, 11) is 3.61. The van der Waals surface area contributed by atoms with Crippen molar-refractivity contribution in [2.24, 2.45) is 14.1 Å². The normalized spacial score (nSPS) is 11.3. The number of fused-ring (bicyclic) bond motifs is 1. The van der Waals surface area contributed by atoms with Gasteiger partial charge in [-0.1, -0.05) is 22.9 Å². The maximum atomic E-state index is 11.9. The van der Waals surface area contributed by atoms with Crippen LogP contribution in [0.4, 0.5) is 0 Å². The van der Waals surface area contributed by atoms with Crippen LogP contribution in [0, 0.1) is 0 Å². The number of halogens is 1. The summed E-state index contributed by atoms with van der Waals surface area (Å²) in [5.41, 5.74) is 3.11. The molecule has 1 aromatic carbocycles. The number of hydrogen-bond acceptors (Lipinski definition) is 2. The van der Waals surface area contributed by atoms with Gasteiger partial charge >= 0.3 is 5.69 Å². The minimum Gasteiger partial charge on any atom is -0.313 e. The molecule has 0 amide bonds. The van der Waals surface area contributed by atoms with E-state index in [-0.39, 0.29) is 5.69 Å². The molecule has 4 nitrogen and oxygen atoms in total. The lowest BCUT2D eigenvalue weighted by Gasteiger charge is -2.07. The van der Waals surface area contributed by atoms with E-state index in [9.17, 15) is 4.79 Å². The highest BCUT2D eigenvalue weighted by molar-refractivity contribution is 9.10. The molecule has 1 heterocycles. The fraction of sp³-hybridized carbons (Fsp3) is 0.462. The van der Waals surface area contributed by atoms with Gasteiger partial charge in [-0.15, -0.1) is 0 Å². The molecule has 2 rings (SSSR count). The smallest absolute Gasteiger partial charge is 0.313 e. The lowest BCUT2D eigenvalue weighted by atomic mass is 10.2.